The Hall–Kier alpha value is -3.63. The summed E-state index contributed by atoms with van der Waals surface area (Å²) in [6, 6.07) is 8.17. The van der Waals surface area contributed by atoms with Crippen LogP contribution in [0.4, 0.5) is 11.6 Å². The first-order chi connectivity index (χ1) is 20.0. The van der Waals surface area contributed by atoms with Gasteiger partial charge in [-0.3, -0.25) is 4.79 Å². The molecule has 0 saturated carbocycles. The maximum absolute atomic E-state index is 13.2. The van der Waals surface area contributed by atoms with Crippen LogP contribution in [0, 0.1) is 6.92 Å². The molecule has 42 heavy (non-hydrogen) atoms. The molecule has 228 valence electrons. The molecule has 2 aromatic heterocycles. The molecule has 5 N–H and O–H groups in total. The summed E-state index contributed by atoms with van der Waals surface area (Å²) in [7, 11) is 2.96. The molecule has 1 aromatic carbocycles. The fourth-order valence-electron chi connectivity index (χ4n) is 5.98. The number of nitrogens with two attached hydrogens (primary N) is 1. The Morgan fingerprint density at radius 2 is 1.62 bits per heavy atom. The topological polar surface area (TPSA) is 137 Å². The fraction of sp³-hybridized carbons (Fsp3) is 0.531. The molecule has 0 bridgehead atoms. The molecule has 0 fully saturated rings. The molecule has 0 atom stereocenters. The minimum absolute atomic E-state index is 0.113. The molecule has 10 nitrogen and oxygen atoms in total. The van der Waals surface area contributed by atoms with Crippen molar-refractivity contribution in [3.05, 3.63) is 58.0 Å². The highest BCUT2D eigenvalue weighted by Crippen LogP contribution is 2.50. The van der Waals surface area contributed by atoms with Gasteiger partial charge in [-0.15, -0.1) is 0 Å². The first kappa shape index (κ1) is 31.3. The summed E-state index contributed by atoms with van der Waals surface area (Å²) in [6.45, 7) is 14.5. The smallest absolute Gasteiger partial charge is 0.291 e. The van der Waals surface area contributed by atoms with Gasteiger partial charge >= 0.3 is 0 Å². The van der Waals surface area contributed by atoms with Crippen LogP contribution in [0.2, 0.25) is 0 Å². The zero-order valence-corrected chi connectivity index (χ0v) is 26.1. The van der Waals surface area contributed by atoms with E-state index in [-0.39, 0.29) is 34.0 Å². The van der Waals surface area contributed by atoms with E-state index in [4.69, 9.17) is 19.6 Å². The van der Waals surface area contributed by atoms with Crippen LogP contribution in [0.1, 0.15) is 85.5 Å². The second kappa shape index (κ2) is 13.1. The number of carbonyl (C=O) groups excluding carboxylic acids is 1. The maximum atomic E-state index is 13.2. The number of carbonyl (C=O) groups is 1. The molecule has 0 spiro atoms. The largest absolute Gasteiger partial charge is 0.479 e. The van der Waals surface area contributed by atoms with Gasteiger partial charge in [-0.05, 0) is 91.0 Å². The predicted molar refractivity (Wildman–Crippen MR) is 166 cm³/mol. The number of rotatable bonds is 14. The van der Waals surface area contributed by atoms with E-state index in [2.05, 4.69) is 72.7 Å². The van der Waals surface area contributed by atoms with Gasteiger partial charge in [0.2, 0.25) is 17.7 Å². The fourth-order valence-corrected chi connectivity index (χ4v) is 5.98. The monoisotopic (exact) mass is 578 g/mol. The van der Waals surface area contributed by atoms with Crippen molar-refractivity contribution in [2.24, 2.45) is 5.73 Å². The summed E-state index contributed by atoms with van der Waals surface area (Å²) in [4.78, 5) is 22.0. The summed E-state index contributed by atoms with van der Waals surface area (Å²) in [5, 5.41) is 9.31. The molecule has 0 saturated heterocycles. The standard InChI is InChI=1S/C32H46N6O4/c1-20-16-23-24(32(4,5)19-31(23,2)3)18-21(20)17-22-10-11-25(42-22)27(39)36-26-28(40-6)37-30(38-29(26)41-7)35-15-9-14-34-13-8-12-33/h10-11,16,18,34H,8-9,12-15,17,19,33H2,1-7H3,(H,36,39)(H,35,37,38). The lowest BCUT2D eigenvalue weighted by molar-refractivity contribution is 0.0994. The molecule has 1 amide bonds. The molecule has 10 heteroatoms. The number of ether oxygens (including phenoxy) is 2. The molecule has 2 heterocycles. The third-order valence-corrected chi connectivity index (χ3v) is 7.91. The zero-order valence-electron chi connectivity index (χ0n) is 26.1. The van der Waals surface area contributed by atoms with Crippen molar-refractivity contribution in [3.8, 4) is 11.8 Å². The van der Waals surface area contributed by atoms with Crippen LogP contribution in [-0.4, -0.2) is 56.3 Å². The Labute approximate surface area is 249 Å². The Morgan fingerprint density at radius 3 is 2.26 bits per heavy atom. The highest BCUT2D eigenvalue weighted by molar-refractivity contribution is 6.03. The van der Waals surface area contributed by atoms with E-state index >= 15 is 0 Å². The molecule has 4 rings (SSSR count). The lowest BCUT2D eigenvalue weighted by atomic mass is 9.82. The van der Waals surface area contributed by atoms with Crippen molar-refractivity contribution in [3.63, 3.8) is 0 Å². The normalized spacial score (nSPS) is 14.9. The number of hydrogen-bond acceptors (Lipinski definition) is 9. The summed E-state index contributed by atoms with van der Waals surface area (Å²) in [5.74, 6) is 1.17. The number of aromatic nitrogens is 2. The van der Waals surface area contributed by atoms with Crippen molar-refractivity contribution < 1.29 is 18.7 Å². The molecule has 3 aromatic rings. The number of hydrogen-bond donors (Lipinski definition) is 4. The summed E-state index contributed by atoms with van der Waals surface area (Å²) < 4.78 is 16.9. The van der Waals surface area contributed by atoms with Gasteiger partial charge in [0.1, 0.15) is 5.76 Å². The number of furan rings is 1. The van der Waals surface area contributed by atoms with Crippen LogP contribution in [0.15, 0.2) is 28.7 Å². The van der Waals surface area contributed by atoms with Gasteiger partial charge in [0, 0.05) is 13.0 Å². The Kier molecular flexibility index (Phi) is 9.78. The predicted octanol–water partition coefficient (Wildman–Crippen LogP) is 4.94. The van der Waals surface area contributed by atoms with Crippen molar-refractivity contribution >= 4 is 17.5 Å². The van der Waals surface area contributed by atoms with Crippen molar-refractivity contribution in [1.29, 1.82) is 0 Å². The van der Waals surface area contributed by atoms with E-state index in [1.165, 1.54) is 36.5 Å². The van der Waals surface area contributed by atoms with E-state index in [9.17, 15) is 4.79 Å². The number of nitrogens with zero attached hydrogens (tertiary/aromatic N) is 2. The second-order valence-electron chi connectivity index (χ2n) is 12.3. The van der Waals surface area contributed by atoms with E-state index in [0.717, 1.165) is 32.4 Å². The van der Waals surface area contributed by atoms with Gasteiger partial charge in [0.15, 0.2) is 11.4 Å². The minimum Gasteiger partial charge on any atom is -0.479 e. The summed E-state index contributed by atoms with van der Waals surface area (Å²) >= 11 is 0. The number of benzene rings is 1. The van der Waals surface area contributed by atoms with Gasteiger partial charge in [0.25, 0.3) is 5.91 Å². The maximum Gasteiger partial charge on any atom is 0.291 e. The van der Waals surface area contributed by atoms with Gasteiger partial charge in [-0.2, -0.15) is 9.97 Å². The lowest BCUT2D eigenvalue weighted by Crippen LogP contribution is -2.21. The molecule has 1 aliphatic rings. The number of anilines is 2. The molecule has 1 aliphatic carbocycles. The van der Waals surface area contributed by atoms with Crippen LogP contribution in [0.5, 0.6) is 11.8 Å². The quantitative estimate of drug-likeness (QED) is 0.196. The minimum atomic E-state index is -0.445. The number of methoxy groups -OCH3 is 2. The third kappa shape index (κ3) is 7.04. The number of amides is 1. The highest BCUT2D eigenvalue weighted by atomic mass is 16.5. The number of fused-ring (bicyclic) bond motifs is 1. The van der Waals surface area contributed by atoms with Gasteiger partial charge < -0.3 is 35.6 Å². The SMILES string of the molecule is COc1nc(NCCCNCCCN)nc(OC)c1NC(=O)c1ccc(Cc2cc3c(cc2C)C(C)(C)CC3(C)C)o1. The Morgan fingerprint density at radius 1 is 0.976 bits per heavy atom. The third-order valence-electron chi connectivity index (χ3n) is 7.91. The van der Waals surface area contributed by atoms with Crippen LogP contribution in [0.3, 0.4) is 0 Å². The first-order valence-electron chi connectivity index (χ1n) is 14.7. The highest BCUT2D eigenvalue weighted by Gasteiger charge is 2.42. The van der Waals surface area contributed by atoms with Crippen LogP contribution in [0.25, 0.3) is 0 Å². The lowest BCUT2D eigenvalue weighted by Gasteiger charge is -2.22. The number of aryl methyl sites for hydroxylation is 1. The zero-order chi connectivity index (χ0) is 30.5. The van der Waals surface area contributed by atoms with E-state index < -0.39 is 5.91 Å². The van der Waals surface area contributed by atoms with Gasteiger partial charge in [-0.25, -0.2) is 0 Å². The van der Waals surface area contributed by atoms with E-state index in [1.807, 2.05) is 6.07 Å². The van der Waals surface area contributed by atoms with Crippen LogP contribution >= 0.6 is 0 Å². The molecule has 0 aliphatic heterocycles. The van der Waals surface area contributed by atoms with Crippen molar-refractivity contribution in [2.45, 2.75) is 71.1 Å². The van der Waals surface area contributed by atoms with Gasteiger partial charge in [-0.1, -0.05) is 39.8 Å². The average molecular weight is 579 g/mol. The molecular formula is C32H46N6O4. The Bertz CT molecular complexity index is 1370. The van der Waals surface area contributed by atoms with Crippen LogP contribution < -0.4 is 31.2 Å². The summed E-state index contributed by atoms with van der Waals surface area (Å²) in [6.07, 6.45) is 3.53. The summed E-state index contributed by atoms with van der Waals surface area (Å²) in [5.41, 5.74) is 11.3. The molecule has 0 unspecified atom stereocenters. The van der Waals surface area contributed by atoms with Crippen molar-refractivity contribution in [2.75, 3.05) is 51.0 Å². The Balaban J connectivity index is 1.44. The van der Waals surface area contributed by atoms with Crippen molar-refractivity contribution in [1.82, 2.24) is 15.3 Å². The van der Waals surface area contributed by atoms with Crippen LogP contribution in [-0.2, 0) is 17.3 Å². The first-order valence-corrected chi connectivity index (χ1v) is 14.7. The van der Waals surface area contributed by atoms with E-state index in [1.54, 1.807) is 6.07 Å². The number of nitrogens with one attached hydrogen (secondary N) is 3. The molecular weight excluding hydrogens is 532 g/mol. The van der Waals surface area contributed by atoms with Gasteiger partial charge in [0.05, 0.1) is 14.2 Å². The molecule has 0 radical (unpaired) electrons. The average Bonchev–Trinajstić information content (AvgIpc) is 3.48. The van der Waals surface area contributed by atoms with E-state index in [0.29, 0.717) is 31.2 Å². The second-order valence-corrected chi connectivity index (χ2v) is 12.3.